The summed E-state index contributed by atoms with van der Waals surface area (Å²) in [4.78, 5) is 17.7. The number of pyridine rings is 1. The number of carbonyl (C=O) groups excluding carboxylic acids is 1. The molecule has 0 aliphatic carbocycles. The largest absolute Gasteiger partial charge is 0.399 e. The van der Waals surface area contributed by atoms with E-state index in [0.717, 1.165) is 12.0 Å². The number of hydrogen-bond acceptors (Lipinski definition) is 6. The molecule has 6 nitrogen and oxygen atoms in total. The molecule has 104 valence electrons. The molecule has 8 heteroatoms. The number of anilines is 1. The second-order valence-electron chi connectivity index (χ2n) is 4.33. The highest BCUT2D eigenvalue weighted by molar-refractivity contribution is 8.00. The number of nitrogen functional groups attached to an aromatic ring is 1. The second kappa shape index (κ2) is 5.38. The lowest BCUT2D eigenvalue weighted by molar-refractivity contribution is 0.0744. The quantitative estimate of drug-likeness (QED) is 0.840. The van der Waals surface area contributed by atoms with E-state index < -0.39 is 15.2 Å². The van der Waals surface area contributed by atoms with E-state index in [4.69, 9.17) is 5.73 Å². The zero-order chi connectivity index (χ0) is 14.0. The Kier molecular flexibility index (Phi) is 4.00. The molecule has 1 aromatic heterocycles. The van der Waals surface area contributed by atoms with E-state index in [9.17, 15) is 13.2 Å². The molecule has 0 aromatic carbocycles. The van der Waals surface area contributed by atoms with Gasteiger partial charge in [0.05, 0.1) is 0 Å². The molecule has 1 aromatic rings. The van der Waals surface area contributed by atoms with Gasteiger partial charge in [-0.05, 0) is 12.1 Å². The monoisotopic (exact) mass is 301 g/mol. The van der Waals surface area contributed by atoms with Gasteiger partial charge >= 0.3 is 0 Å². The highest BCUT2D eigenvalue weighted by Crippen LogP contribution is 2.22. The Balaban J connectivity index is 2.30. The Morgan fingerprint density at radius 3 is 2.95 bits per heavy atom. The summed E-state index contributed by atoms with van der Waals surface area (Å²) in [5.41, 5.74) is 6.23. The smallest absolute Gasteiger partial charge is 0.273 e. The van der Waals surface area contributed by atoms with E-state index in [1.807, 2.05) is 0 Å². The maximum absolute atomic E-state index is 12.3. The summed E-state index contributed by atoms with van der Waals surface area (Å²) in [6.07, 6.45) is 2.59. The van der Waals surface area contributed by atoms with Gasteiger partial charge in [-0.25, -0.2) is 8.42 Å². The van der Waals surface area contributed by atoms with Crippen molar-refractivity contribution in [2.24, 2.45) is 0 Å². The average Bonchev–Trinajstić information content (AvgIpc) is 2.37. The zero-order valence-electron chi connectivity index (χ0n) is 10.4. The fraction of sp³-hybridized carbons (Fsp3) is 0.455. The molecule has 0 spiro atoms. The maximum Gasteiger partial charge on any atom is 0.273 e. The van der Waals surface area contributed by atoms with Crippen molar-refractivity contribution in [2.45, 2.75) is 5.37 Å². The molecule has 0 saturated carbocycles. The van der Waals surface area contributed by atoms with Crippen LogP contribution in [0.25, 0.3) is 0 Å². The van der Waals surface area contributed by atoms with Gasteiger partial charge in [-0.1, -0.05) is 0 Å². The summed E-state index contributed by atoms with van der Waals surface area (Å²) in [5.74, 6) is 0.732. The van der Waals surface area contributed by atoms with Crippen molar-refractivity contribution in [2.75, 3.05) is 30.0 Å². The van der Waals surface area contributed by atoms with Crippen LogP contribution in [0, 0.1) is 0 Å². The number of nitrogens with zero attached hydrogens (tertiary/aromatic N) is 2. The van der Waals surface area contributed by atoms with Gasteiger partial charge in [0.25, 0.3) is 5.91 Å². The number of nitrogens with two attached hydrogens (primary N) is 1. The van der Waals surface area contributed by atoms with Crippen molar-refractivity contribution in [1.29, 1.82) is 0 Å². The fourth-order valence-corrected chi connectivity index (χ4v) is 4.69. The van der Waals surface area contributed by atoms with Crippen LogP contribution in [0.3, 0.4) is 0 Å². The van der Waals surface area contributed by atoms with Crippen LogP contribution < -0.4 is 5.73 Å². The molecule has 1 aliphatic heterocycles. The van der Waals surface area contributed by atoms with Gasteiger partial charge in [-0.3, -0.25) is 9.78 Å². The lowest BCUT2D eigenvalue weighted by Gasteiger charge is -2.33. The summed E-state index contributed by atoms with van der Waals surface area (Å²) in [6.45, 7) is 0.401. The van der Waals surface area contributed by atoms with Gasteiger partial charge in [-0.15, -0.1) is 0 Å². The summed E-state index contributed by atoms with van der Waals surface area (Å²) in [5, 5.41) is -0.790. The molecule has 2 heterocycles. The van der Waals surface area contributed by atoms with E-state index in [2.05, 4.69) is 4.98 Å². The molecule has 2 N–H and O–H groups in total. The summed E-state index contributed by atoms with van der Waals surface area (Å²) < 4.78 is 23.5. The van der Waals surface area contributed by atoms with Crippen molar-refractivity contribution in [1.82, 2.24) is 9.88 Å². The highest BCUT2D eigenvalue weighted by atomic mass is 32.2. The van der Waals surface area contributed by atoms with Crippen molar-refractivity contribution >= 4 is 33.2 Å². The normalized spacial score (nSPS) is 20.3. The van der Waals surface area contributed by atoms with Gasteiger partial charge < -0.3 is 10.6 Å². The van der Waals surface area contributed by atoms with E-state index >= 15 is 0 Å². The molecule has 1 amide bonds. The molecule has 1 aliphatic rings. The highest BCUT2D eigenvalue weighted by Gasteiger charge is 2.35. The molecule has 2 rings (SSSR count). The first-order valence-electron chi connectivity index (χ1n) is 5.68. The maximum atomic E-state index is 12.3. The standard InChI is InChI=1S/C11H15N3O3S2/c1-19(16,17)10-7-18-5-4-14(10)11(15)9-6-8(12)2-3-13-9/h2-3,6,10H,4-5,7H2,1H3,(H2,12,13). The lowest BCUT2D eigenvalue weighted by Crippen LogP contribution is -2.50. The summed E-state index contributed by atoms with van der Waals surface area (Å²) in [6, 6.07) is 3.04. The van der Waals surface area contributed by atoms with Gasteiger partial charge in [0.2, 0.25) is 0 Å². The average molecular weight is 301 g/mol. The van der Waals surface area contributed by atoms with Crippen LogP contribution in [0.1, 0.15) is 10.5 Å². The number of carbonyl (C=O) groups is 1. The number of thioether (sulfide) groups is 1. The van der Waals surface area contributed by atoms with E-state index in [-0.39, 0.29) is 11.6 Å². The summed E-state index contributed by atoms with van der Waals surface area (Å²) >= 11 is 1.53. The predicted octanol–water partition coefficient (Wildman–Crippen LogP) is 0.223. The Morgan fingerprint density at radius 2 is 2.32 bits per heavy atom. The topological polar surface area (TPSA) is 93.4 Å². The Morgan fingerprint density at radius 1 is 1.58 bits per heavy atom. The van der Waals surface area contributed by atoms with Crippen molar-refractivity contribution in [3.8, 4) is 0 Å². The molecule has 1 unspecified atom stereocenters. The van der Waals surface area contributed by atoms with Crippen molar-refractivity contribution < 1.29 is 13.2 Å². The third-order valence-electron chi connectivity index (χ3n) is 2.84. The minimum atomic E-state index is -3.31. The number of hydrogen-bond donors (Lipinski definition) is 1. The molecule has 0 bridgehead atoms. The number of sulfone groups is 1. The minimum absolute atomic E-state index is 0.181. The number of aromatic nitrogens is 1. The Bertz CT molecular complexity index is 589. The molecule has 19 heavy (non-hydrogen) atoms. The van der Waals surface area contributed by atoms with Crippen LogP contribution in [0.4, 0.5) is 5.69 Å². The molecule has 0 radical (unpaired) electrons. The third kappa shape index (κ3) is 3.19. The first-order valence-corrected chi connectivity index (χ1v) is 8.79. The van der Waals surface area contributed by atoms with Gasteiger partial charge in [0.1, 0.15) is 11.1 Å². The van der Waals surface area contributed by atoms with Crippen LogP contribution in [-0.4, -0.2) is 53.9 Å². The fourth-order valence-electron chi connectivity index (χ4n) is 1.88. The zero-order valence-corrected chi connectivity index (χ0v) is 12.1. The molecular weight excluding hydrogens is 286 g/mol. The van der Waals surface area contributed by atoms with Crippen molar-refractivity contribution in [3.63, 3.8) is 0 Å². The van der Waals surface area contributed by atoms with Crippen LogP contribution in [0.2, 0.25) is 0 Å². The van der Waals surface area contributed by atoms with Gasteiger partial charge in [0, 0.05) is 36.2 Å². The van der Waals surface area contributed by atoms with E-state index in [1.54, 1.807) is 6.07 Å². The van der Waals surface area contributed by atoms with Crippen LogP contribution in [0.5, 0.6) is 0 Å². The molecule has 1 saturated heterocycles. The Hall–Kier alpha value is -1.28. The molecule has 1 fully saturated rings. The first-order chi connectivity index (χ1) is 8.89. The Labute approximate surface area is 116 Å². The van der Waals surface area contributed by atoms with E-state index in [0.29, 0.717) is 18.0 Å². The molecule has 1 atom stereocenters. The summed E-state index contributed by atoms with van der Waals surface area (Å²) in [7, 11) is -3.31. The first kappa shape index (κ1) is 14.1. The van der Waals surface area contributed by atoms with Crippen molar-refractivity contribution in [3.05, 3.63) is 24.0 Å². The van der Waals surface area contributed by atoms with Gasteiger partial charge in [0.15, 0.2) is 9.84 Å². The number of rotatable bonds is 2. The third-order valence-corrected chi connectivity index (χ3v) is 5.49. The van der Waals surface area contributed by atoms with Crippen LogP contribution >= 0.6 is 11.8 Å². The molecular formula is C11H15N3O3S2. The SMILES string of the molecule is CS(=O)(=O)C1CSCCN1C(=O)c1cc(N)ccn1. The van der Waals surface area contributed by atoms with Gasteiger partial charge in [-0.2, -0.15) is 11.8 Å². The minimum Gasteiger partial charge on any atom is -0.399 e. The van der Waals surface area contributed by atoms with Crippen LogP contribution in [0.15, 0.2) is 18.3 Å². The van der Waals surface area contributed by atoms with Crippen LogP contribution in [-0.2, 0) is 9.84 Å². The number of amides is 1. The lowest BCUT2D eigenvalue weighted by atomic mass is 10.3. The van der Waals surface area contributed by atoms with E-state index in [1.165, 1.54) is 28.9 Å². The predicted molar refractivity (Wildman–Crippen MR) is 75.6 cm³/mol. The second-order valence-corrected chi connectivity index (χ2v) is 7.69.